The Morgan fingerprint density at radius 3 is 3.00 bits per heavy atom. The van der Waals surface area contributed by atoms with E-state index in [9.17, 15) is 10.1 Å². The molecular weight excluding hydrogens is 266 g/mol. The summed E-state index contributed by atoms with van der Waals surface area (Å²) in [5.74, 6) is 0.698. The van der Waals surface area contributed by atoms with Gasteiger partial charge in [-0.2, -0.15) is 0 Å². The minimum atomic E-state index is -0.321. The third-order valence-electron chi connectivity index (χ3n) is 3.98. The molecule has 1 N–H and O–H groups in total. The molecule has 0 saturated carbocycles. The van der Waals surface area contributed by atoms with Crippen molar-refractivity contribution < 1.29 is 4.92 Å². The number of hydrogen-bond donors (Lipinski definition) is 1. The number of benzene rings is 1. The summed E-state index contributed by atoms with van der Waals surface area (Å²) in [6.07, 6.45) is 3.64. The van der Waals surface area contributed by atoms with Crippen LogP contribution in [0.3, 0.4) is 0 Å². The number of nitrogens with zero attached hydrogens (tertiary/aromatic N) is 2. The molecule has 0 aromatic heterocycles. The van der Waals surface area contributed by atoms with Crippen LogP contribution < -0.4 is 5.32 Å². The van der Waals surface area contributed by atoms with Gasteiger partial charge in [0.25, 0.3) is 5.69 Å². The van der Waals surface area contributed by atoms with Crippen LogP contribution in [-0.2, 0) is 6.54 Å². The molecule has 0 amide bonds. The van der Waals surface area contributed by atoms with Crippen molar-refractivity contribution in [1.29, 1.82) is 0 Å². The Morgan fingerprint density at radius 2 is 2.33 bits per heavy atom. The maximum Gasteiger partial charge on any atom is 0.269 e. The van der Waals surface area contributed by atoms with Crippen LogP contribution in [0.2, 0.25) is 0 Å². The Bertz CT molecular complexity index is 459. The van der Waals surface area contributed by atoms with Crippen LogP contribution in [0.15, 0.2) is 24.3 Å². The van der Waals surface area contributed by atoms with Crippen molar-refractivity contribution >= 4 is 5.69 Å². The fraction of sp³-hybridized carbons (Fsp3) is 0.625. The summed E-state index contributed by atoms with van der Waals surface area (Å²) >= 11 is 0. The molecule has 1 unspecified atom stereocenters. The standard InChI is InChI=1S/C16H25N3O2/c1-2-9-18(13-15-6-4-8-17-11-15)12-14-5-3-7-16(10-14)19(20)21/h3,5,7,10,15,17H,2,4,6,8-9,11-13H2,1H3. The van der Waals surface area contributed by atoms with Crippen LogP contribution >= 0.6 is 0 Å². The first kappa shape index (κ1) is 15.9. The van der Waals surface area contributed by atoms with Gasteiger partial charge >= 0.3 is 0 Å². The highest BCUT2D eigenvalue weighted by atomic mass is 16.6. The second-order valence-corrected chi connectivity index (χ2v) is 5.87. The van der Waals surface area contributed by atoms with Gasteiger partial charge in [-0.1, -0.05) is 19.1 Å². The van der Waals surface area contributed by atoms with E-state index in [1.165, 1.54) is 12.8 Å². The van der Waals surface area contributed by atoms with Gasteiger partial charge < -0.3 is 5.32 Å². The number of hydrogen-bond acceptors (Lipinski definition) is 4. The fourth-order valence-electron chi connectivity index (χ4n) is 3.02. The van der Waals surface area contributed by atoms with Gasteiger partial charge in [-0.3, -0.25) is 15.0 Å². The summed E-state index contributed by atoms with van der Waals surface area (Å²) in [7, 11) is 0. The highest BCUT2D eigenvalue weighted by Crippen LogP contribution is 2.17. The molecule has 1 aliphatic heterocycles. The van der Waals surface area contributed by atoms with E-state index in [4.69, 9.17) is 0 Å². The van der Waals surface area contributed by atoms with E-state index < -0.39 is 0 Å². The predicted octanol–water partition coefficient (Wildman–Crippen LogP) is 2.81. The van der Waals surface area contributed by atoms with Gasteiger partial charge in [0.1, 0.15) is 0 Å². The average Bonchev–Trinajstić information content (AvgIpc) is 2.49. The Kier molecular flexibility index (Phi) is 6.14. The summed E-state index contributed by atoms with van der Waals surface area (Å²) in [6.45, 7) is 7.32. The SMILES string of the molecule is CCCN(Cc1cccc([N+](=O)[O-])c1)CC1CCCNC1. The smallest absolute Gasteiger partial charge is 0.269 e. The van der Waals surface area contributed by atoms with Gasteiger partial charge in [-0.25, -0.2) is 0 Å². The summed E-state index contributed by atoms with van der Waals surface area (Å²) in [5, 5.41) is 14.3. The molecule has 0 radical (unpaired) electrons. The van der Waals surface area contributed by atoms with Gasteiger partial charge in [0.2, 0.25) is 0 Å². The van der Waals surface area contributed by atoms with Crippen LogP contribution in [-0.4, -0.2) is 36.0 Å². The maximum absolute atomic E-state index is 10.9. The van der Waals surface area contributed by atoms with Crippen molar-refractivity contribution in [2.75, 3.05) is 26.2 Å². The Morgan fingerprint density at radius 1 is 1.48 bits per heavy atom. The largest absolute Gasteiger partial charge is 0.316 e. The molecule has 1 aromatic rings. The minimum absolute atomic E-state index is 0.184. The lowest BCUT2D eigenvalue weighted by Crippen LogP contribution is -2.38. The molecule has 1 aliphatic rings. The molecule has 0 spiro atoms. The van der Waals surface area contributed by atoms with E-state index in [1.807, 2.05) is 6.07 Å². The third kappa shape index (κ3) is 5.10. The van der Waals surface area contributed by atoms with Gasteiger partial charge in [-0.15, -0.1) is 0 Å². The van der Waals surface area contributed by atoms with Gasteiger partial charge in [-0.05, 0) is 50.4 Å². The number of nitrogens with one attached hydrogen (secondary N) is 1. The first-order valence-electron chi connectivity index (χ1n) is 7.85. The lowest BCUT2D eigenvalue weighted by molar-refractivity contribution is -0.384. The second-order valence-electron chi connectivity index (χ2n) is 5.87. The average molecular weight is 291 g/mol. The maximum atomic E-state index is 10.9. The van der Waals surface area contributed by atoms with E-state index in [0.717, 1.165) is 44.7 Å². The monoisotopic (exact) mass is 291 g/mol. The molecule has 1 fully saturated rings. The second kappa shape index (κ2) is 8.10. The van der Waals surface area contributed by atoms with E-state index in [1.54, 1.807) is 18.2 Å². The zero-order valence-electron chi connectivity index (χ0n) is 12.8. The number of non-ortho nitro benzene ring substituents is 1. The van der Waals surface area contributed by atoms with Gasteiger partial charge in [0.15, 0.2) is 0 Å². The number of piperidine rings is 1. The first-order chi connectivity index (χ1) is 10.2. The van der Waals surface area contributed by atoms with Crippen molar-refractivity contribution in [2.24, 2.45) is 5.92 Å². The van der Waals surface area contributed by atoms with Gasteiger partial charge in [0.05, 0.1) is 4.92 Å². The topological polar surface area (TPSA) is 58.4 Å². The van der Waals surface area contributed by atoms with Crippen molar-refractivity contribution in [3.63, 3.8) is 0 Å². The summed E-state index contributed by atoms with van der Waals surface area (Å²) in [6, 6.07) is 7.01. The van der Waals surface area contributed by atoms with E-state index in [2.05, 4.69) is 17.1 Å². The van der Waals surface area contributed by atoms with E-state index >= 15 is 0 Å². The van der Waals surface area contributed by atoms with Crippen molar-refractivity contribution in [2.45, 2.75) is 32.7 Å². The summed E-state index contributed by atoms with van der Waals surface area (Å²) < 4.78 is 0. The van der Waals surface area contributed by atoms with Crippen molar-refractivity contribution in [3.8, 4) is 0 Å². The van der Waals surface area contributed by atoms with Crippen LogP contribution in [0.1, 0.15) is 31.7 Å². The molecule has 1 saturated heterocycles. The first-order valence-corrected chi connectivity index (χ1v) is 7.85. The van der Waals surface area contributed by atoms with Crippen LogP contribution in [0.5, 0.6) is 0 Å². The number of nitro groups is 1. The zero-order valence-corrected chi connectivity index (χ0v) is 12.8. The normalized spacial score (nSPS) is 18.9. The molecule has 5 heteroatoms. The lowest BCUT2D eigenvalue weighted by atomic mass is 9.98. The summed E-state index contributed by atoms with van der Waals surface area (Å²) in [5.41, 5.74) is 1.21. The quantitative estimate of drug-likeness (QED) is 0.620. The van der Waals surface area contributed by atoms with Crippen LogP contribution in [0.4, 0.5) is 5.69 Å². The Labute approximate surface area is 126 Å². The van der Waals surface area contributed by atoms with E-state index in [0.29, 0.717) is 5.92 Å². The van der Waals surface area contributed by atoms with E-state index in [-0.39, 0.29) is 10.6 Å². The molecule has 1 atom stereocenters. The molecule has 116 valence electrons. The molecule has 1 aromatic carbocycles. The predicted molar refractivity (Wildman–Crippen MR) is 84.3 cm³/mol. The molecule has 0 bridgehead atoms. The molecule has 2 rings (SSSR count). The number of nitro benzene ring substituents is 1. The molecule has 5 nitrogen and oxygen atoms in total. The van der Waals surface area contributed by atoms with Crippen LogP contribution in [0.25, 0.3) is 0 Å². The molecular formula is C16H25N3O2. The van der Waals surface area contributed by atoms with Gasteiger partial charge in [0, 0.05) is 25.2 Å². The molecule has 1 heterocycles. The minimum Gasteiger partial charge on any atom is -0.316 e. The van der Waals surface area contributed by atoms with Crippen molar-refractivity contribution in [1.82, 2.24) is 10.2 Å². The molecule has 21 heavy (non-hydrogen) atoms. The highest BCUT2D eigenvalue weighted by Gasteiger charge is 2.17. The van der Waals surface area contributed by atoms with Crippen molar-refractivity contribution in [3.05, 3.63) is 39.9 Å². The summed E-state index contributed by atoms with van der Waals surface area (Å²) in [4.78, 5) is 13.0. The lowest BCUT2D eigenvalue weighted by Gasteiger charge is -2.30. The van der Waals surface area contributed by atoms with Crippen LogP contribution in [0, 0.1) is 16.0 Å². The third-order valence-corrected chi connectivity index (χ3v) is 3.98. The molecule has 0 aliphatic carbocycles. The highest BCUT2D eigenvalue weighted by molar-refractivity contribution is 5.34. The zero-order chi connectivity index (χ0) is 15.1. The Hall–Kier alpha value is -1.46. The fourth-order valence-corrected chi connectivity index (χ4v) is 3.02. The number of rotatable bonds is 7. The Balaban J connectivity index is 1.97.